The van der Waals surface area contributed by atoms with E-state index in [1.54, 1.807) is 18.4 Å². The fourth-order valence-corrected chi connectivity index (χ4v) is 3.15. The van der Waals surface area contributed by atoms with Crippen LogP contribution >= 0.6 is 11.3 Å². The van der Waals surface area contributed by atoms with Gasteiger partial charge in [-0.15, -0.1) is 11.3 Å². The number of anilines is 1. The molecule has 2 aromatic rings. The highest BCUT2D eigenvalue weighted by Crippen LogP contribution is 2.27. The van der Waals surface area contributed by atoms with Crippen molar-refractivity contribution >= 4 is 17.0 Å². The molecular formula is C16H23N3OS. The Bertz CT molecular complexity index is 608. The summed E-state index contributed by atoms with van der Waals surface area (Å²) >= 11 is 1.74. The highest BCUT2D eigenvalue weighted by atomic mass is 32.1. The quantitative estimate of drug-likeness (QED) is 0.887. The zero-order chi connectivity index (χ0) is 15.4. The first-order valence-electron chi connectivity index (χ1n) is 6.98. The Morgan fingerprint density at radius 1 is 1.29 bits per heavy atom. The third-order valence-electron chi connectivity index (χ3n) is 3.20. The summed E-state index contributed by atoms with van der Waals surface area (Å²) in [7, 11) is 5.84. The third kappa shape index (κ3) is 4.19. The van der Waals surface area contributed by atoms with E-state index in [9.17, 15) is 0 Å². The maximum absolute atomic E-state index is 5.44. The normalized spacial score (nSPS) is 11.0. The molecule has 0 saturated heterocycles. The van der Waals surface area contributed by atoms with Crippen molar-refractivity contribution in [3.8, 4) is 5.75 Å². The van der Waals surface area contributed by atoms with Crippen LogP contribution in [-0.2, 0) is 13.1 Å². The molecule has 0 atom stereocenters. The van der Waals surface area contributed by atoms with Gasteiger partial charge in [0.2, 0.25) is 0 Å². The summed E-state index contributed by atoms with van der Waals surface area (Å²) in [5.41, 5.74) is 3.40. The Morgan fingerprint density at radius 3 is 2.62 bits per heavy atom. The molecule has 4 nitrogen and oxygen atoms in total. The van der Waals surface area contributed by atoms with Crippen molar-refractivity contribution in [2.75, 3.05) is 26.5 Å². The van der Waals surface area contributed by atoms with Gasteiger partial charge in [-0.05, 0) is 45.6 Å². The summed E-state index contributed by atoms with van der Waals surface area (Å²) < 4.78 is 5.44. The van der Waals surface area contributed by atoms with Crippen molar-refractivity contribution in [3.63, 3.8) is 0 Å². The minimum absolute atomic E-state index is 0.777. The predicted molar refractivity (Wildman–Crippen MR) is 89.3 cm³/mol. The van der Waals surface area contributed by atoms with Crippen LogP contribution < -0.4 is 10.1 Å². The molecule has 5 heteroatoms. The molecule has 0 bridgehead atoms. The summed E-state index contributed by atoms with van der Waals surface area (Å²) in [6, 6.07) is 6.28. The molecule has 1 N–H and O–H groups in total. The van der Waals surface area contributed by atoms with Crippen LogP contribution in [0.3, 0.4) is 0 Å². The monoisotopic (exact) mass is 305 g/mol. The second kappa shape index (κ2) is 6.91. The smallest absolute Gasteiger partial charge is 0.141 e. The molecule has 0 spiro atoms. The maximum Gasteiger partial charge on any atom is 0.141 e. The van der Waals surface area contributed by atoms with Crippen LogP contribution in [0.15, 0.2) is 18.2 Å². The Morgan fingerprint density at radius 2 is 2.05 bits per heavy atom. The minimum atomic E-state index is 0.777. The molecule has 0 radical (unpaired) electrons. The van der Waals surface area contributed by atoms with E-state index < -0.39 is 0 Å². The molecule has 21 heavy (non-hydrogen) atoms. The van der Waals surface area contributed by atoms with Crippen molar-refractivity contribution in [2.45, 2.75) is 26.9 Å². The van der Waals surface area contributed by atoms with E-state index in [0.29, 0.717) is 0 Å². The van der Waals surface area contributed by atoms with Gasteiger partial charge in [-0.1, -0.05) is 6.07 Å². The highest BCUT2D eigenvalue weighted by Gasteiger charge is 2.08. The summed E-state index contributed by atoms with van der Waals surface area (Å²) in [6.45, 7) is 5.79. The van der Waals surface area contributed by atoms with Crippen molar-refractivity contribution in [1.29, 1.82) is 0 Å². The average molecular weight is 305 g/mol. The second-order valence-electron chi connectivity index (χ2n) is 5.37. The van der Waals surface area contributed by atoms with Crippen LogP contribution in [-0.4, -0.2) is 31.1 Å². The first-order valence-corrected chi connectivity index (χ1v) is 7.79. The van der Waals surface area contributed by atoms with Crippen LogP contribution in [0.2, 0.25) is 0 Å². The maximum atomic E-state index is 5.44. The number of aryl methyl sites for hydroxylation is 2. The van der Waals surface area contributed by atoms with Crippen LogP contribution in [0.4, 0.5) is 5.69 Å². The van der Waals surface area contributed by atoms with Crippen molar-refractivity contribution in [2.24, 2.45) is 0 Å². The standard InChI is InChI=1S/C16H23N3OS/c1-11-16(21-12(2)18-11)9-17-14-8-13(10-19(3)4)6-7-15(14)20-5/h6-8,17H,9-10H2,1-5H3. The molecule has 2 rings (SSSR count). The number of hydrogen-bond acceptors (Lipinski definition) is 5. The lowest BCUT2D eigenvalue weighted by molar-refractivity contribution is 0.400. The number of aromatic nitrogens is 1. The van der Waals surface area contributed by atoms with Gasteiger partial charge in [0.1, 0.15) is 5.75 Å². The molecule has 0 fully saturated rings. The number of thiazole rings is 1. The van der Waals surface area contributed by atoms with E-state index >= 15 is 0 Å². The van der Waals surface area contributed by atoms with Crippen LogP contribution in [0.1, 0.15) is 21.1 Å². The number of rotatable bonds is 6. The lowest BCUT2D eigenvalue weighted by Gasteiger charge is -2.15. The molecule has 0 aliphatic rings. The second-order valence-corrected chi connectivity index (χ2v) is 6.66. The number of nitrogens with one attached hydrogen (secondary N) is 1. The fourth-order valence-electron chi connectivity index (χ4n) is 2.27. The van der Waals surface area contributed by atoms with E-state index in [0.717, 1.165) is 35.2 Å². The summed E-state index contributed by atoms with van der Waals surface area (Å²) in [4.78, 5) is 7.89. The Balaban J connectivity index is 2.15. The largest absolute Gasteiger partial charge is 0.495 e. The molecule has 114 valence electrons. The van der Waals surface area contributed by atoms with Crippen molar-refractivity contribution in [3.05, 3.63) is 39.3 Å². The van der Waals surface area contributed by atoms with E-state index in [2.05, 4.69) is 48.4 Å². The van der Waals surface area contributed by atoms with Gasteiger partial charge < -0.3 is 15.0 Å². The number of ether oxygens (including phenoxy) is 1. The zero-order valence-electron chi connectivity index (χ0n) is 13.4. The van der Waals surface area contributed by atoms with Crippen molar-refractivity contribution in [1.82, 2.24) is 9.88 Å². The van der Waals surface area contributed by atoms with Gasteiger partial charge in [-0.3, -0.25) is 0 Å². The van der Waals surface area contributed by atoms with Crippen LogP contribution in [0.5, 0.6) is 5.75 Å². The molecule has 0 amide bonds. The molecule has 0 aliphatic carbocycles. The van der Waals surface area contributed by atoms with E-state index in [1.807, 2.05) is 13.0 Å². The highest BCUT2D eigenvalue weighted by molar-refractivity contribution is 7.11. The number of nitrogens with zero attached hydrogens (tertiary/aromatic N) is 2. The van der Waals surface area contributed by atoms with E-state index in [4.69, 9.17) is 4.74 Å². The average Bonchev–Trinajstić information content (AvgIpc) is 2.74. The SMILES string of the molecule is COc1ccc(CN(C)C)cc1NCc1sc(C)nc1C. The summed E-state index contributed by atoms with van der Waals surface area (Å²) in [5.74, 6) is 0.872. The minimum Gasteiger partial charge on any atom is -0.495 e. The van der Waals surface area contributed by atoms with Gasteiger partial charge in [0.25, 0.3) is 0 Å². The number of methoxy groups -OCH3 is 1. The number of hydrogen-bond donors (Lipinski definition) is 1. The zero-order valence-corrected chi connectivity index (χ0v) is 14.2. The van der Waals surface area contributed by atoms with Gasteiger partial charge in [-0.25, -0.2) is 4.98 Å². The van der Waals surface area contributed by atoms with Gasteiger partial charge >= 0.3 is 0 Å². The van der Waals surface area contributed by atoms with Gasteiger partial charge in [-0.2, -0.15) is 0 Å². The van der Waals surface area contributed by atoms with Crippen LogP contribution in [0.25, 0.3) is 0 Å². The molecule has 0 saturated carbocycles. The molecule has 1 heterocycles. The molecule has 0 unspecified atom stereocenters. The molecule has 0 aliphatic heterocycles. The lowest BCUT2D eigenvalue weighted by Crippen LogP contribution is -2.11. The first kappa shape index (κ1) is 15.8. The van der Waals surface area contributed by atoms with Crippen molar-refractivity contribution < 1.29 is 4.74 Å². The van der Waals surface area contributed by atoms with E-state index in [1.165, 1.54) is 10.4 Å². The Labute approximate surface area is 130 Å². The Hall–Kier alpha value is -1.59. The first-order chi connectivity index (χ1) is 9.99. The molecule has 1 aromatic heterocycles. The van der Waals surface area contributed by atoms with Gasteiger partial charge in [0.05, 0.1) is 30.0 Å². The Kier molecular flexibility index (Phi) is 5.20. The van der Waals surface area contributed by atoms with Gasteiger partial charge in [0.15, 0.2) is 0 Å². The fraction of sp³-hybridized carbons (Fsp3) is 0.438. The molecule has 1 aromatic carbocycles. The van der Waals surface area contributed by atoms with E-state index in [-0.39, 0.29) is 0 Å². The molecular weight excluding hydrogens is 282 g/mol. The predicted octanol–water partition coefficient (Wildman–Crippen LogP) is 3.44. The third-order valence-corrected chi connectivity index (χ3v) is 4.27. The van der Waals surface area contributed by atoms with Gasteiger partial charge in [0, 0.05) is 11.4 Å². The van der Waals surface area contributed by atoms with Crippen LogP contribution in [0, 0.1) is 13.8 Å². The lowest BCUT2D eigenvalue weighted by atomic mass is 10.1. The topological polar surface area (TPSA) is 37.4 Å². The summed E-state index contributed by atoms with van der Waals surface area (Å²) in [6.07, 6.45) is 0. The number of benzene rings is 1. The summed E-state index contributed by atoms with van der Waals surface area (Å²) in [5, 5.41) is 4.58.